The smallest absolute Gasteiger partial charge is 0.224 e. The van der Waals surface area contributed by atoms with E-state index in [9.17, 15) is 4.79 Å². The summed E-state index contributed by atoms with van der Waals surface area (Å²) in [6.07, 6.45) is 1.32. The summed E-state index contributed by atoms with van der Waals surface area (Å²) in [6, 6.07) is 5.50. The molecule has 0 aliphatic carbocycles. The molecule has 0 heterocycles. The predicted molar refractivity (Wildman–Crippen MR) is 79.3 cm³/mol. The molecule has 1 aromatic carbocycles. The Kier molecular flexibility index (Phi) is 6.70. The molecular formula is C14H20BrNO3. The van der Waals surface area contributed by atoms with Crippen molar-refractivity contribution in [2.45, 2.75) is 24.6 Å². The van der Waals surface area contributed by atoms with E-state index in [1.165, 1.54) is 0 Å². The molecular weight excluding hydrogens is 310 g/mol. The van der Waals surface area contributed by atoms with Crippen LogP contribution in [0.2, 0.25) is 0 Å². The summed E-state index contributed by atoms with van der Waals surface area (Å²) in [7, 11) is 3.17. The van der Waals surface area contributed by atoms with Crippen molar-refractivity contribution in [2.24, 2.45) is 0 Å². The van der Waals surface area contributed by atoms with Gasteiger partial charge in [0.05, 0.1) is 20.6 Å². The first kappa shape index (κ1) is 15.8. The van der Waals surface area contributed by atoms with Gasteiger partial charge in [0.25, 0.3) is 0 Å². The Hall–Kier alpha value is -1.23. The van der Waals surface area contributed by atoms with E-state index in [1.54, 1.807) is 20.3 Å². The van der Waals surface area contributed by atoms with Gasteiger partial charge in [-0.2, -0.15) is 0 Å². The number of ether oxygens (including phenoxy) is 2. The van der Waals surface area contributed by atoms with Crippen LogP contribution in [-0.4, -0.2) is 31.5 Å². The van der Waals surface area contributed by atoms with E-state index in [0.717, 1.165) is 12.0 Å². The minimum absolute atomic E-state index is 0.00474. The van der Waals surface area contributed by atoms with E-state index in [2.05, 4.69) is 28.2 Å². The number of rotatable bonds is 7. The van der Waals surface area contributed by atoms with Gasteiger partial charge in [0.1, 0.15) is 0 Å². The summed E-state index contributed by atoms with van der Waals surface area (Å²) in [6.45, 7) is 2.71. The Morgan fingerprint density at radius 1 is 1.32 bits per heavy atom. The van der Waals surface area contributed by atoms with Gasteiger partial charge in [-0.15, -0.1) is 0 Å². The quantitative estimate of drug-likeness (QED) is 0.782. The molecule has 106 valence electrons. The van der Waals surface area contributed by atoms with Crippen molar-refractivity contribution in [1.29, 1.82) is 0 Å². The van der Waals surface area contributed by atoms with Gasteiger partial charge in [-0.05, 0) is 24.1 Å². The second-order valence-corrected chi connectivity index (χ2v) is 5.47. The fourth-order valence-electron chi connectivity index (χ4n) is 1.61. The van der Waals surface area contributed by atoms with E-state index >= 15 is 0 Å². The SMILES string of the molecule is CCC(Br)CNC(=O)Cc1ccc(OC)c(OC)c1. The lowest BCUT2D eigenvalue weighted by atomic mass is 10.1. The van der Waals surface area contributed by atoms with Gasteiger partial charge in [0.15, 0.2) is 11.5 Å². The first-order valence-corrected chi connectivity index (χ1v) is 7.14. The third kappa shape index (κ3) is 5.11. The number of benzene rings is 1. The lowest BCUT2D eigenvalue weighted by Crippen LogP contribution is -2.30. The van der Waals surface area contributed by atoms with E-state index in [0.29, 0.717) is 29.3 Å². The number of alkyl halides is 1. The van der Waals surface area contributed by atoms with Crippen molar-refractivity contribution in [3.05, 3.63) is 23.8 Å². The number of hydrogen-bond donors (Lipinski definition) is 1. The van der Waals surface area contributed by atoms with Crippen LogP contribution >= 0.6 is 15.9 Å². The van der Waals surface area contributed by atoms with Crippen LogP contribution in [0.3, 0.4) is 0 Å². The summed E-state index contributed by atoms with van der Waals surface area (Å²) >= 11 is 3.48. The molecule has 1 atom stereocenters. The molecule has 0 aliphatic rings. The molecule has 1 aromatic rings. The molecule has 4 nitrogen and oxygen atoms in total. The zero-order valence-corrected chi connectivity index (χ0v) is 13.1. The maximum Gasteiger partial charge on any atom is 0.224 e. The molecule has 0 saturated carbocycles. The molecule has 0 spiro atoms. The van der Waals surface area contributed by atoms with E-state index in [-0.39, 0.29) is 5.91 Å². The number of carbonyl (C=O) groups excluding carboxylic acids is 1. The van der Waals surface area contributed by atoms with E-state index in [1.807, 2.05) is 12.1 Å². The Bertz CT molecular complexity index is 423. The number of hydrogen-bond acceptors (Lipinski definition) is 3. The summed E-state index contributed by atoms with van der Waals surface area (Å²) in [4.78, 5) is 12.1. The molecule has 0 aliphatic heterocycles. The fraction of sp³-hybridized carbons (Fsp3) is 0.500. The molecule has 1 amide bonds. The van der Waals surface area contributed by atoms with Crippen LogP contribution in [0.5, 0.6) is 11.5 Å². The molecule has 0 saturated heterocycles. The van der Waals surface area contributed by atoms with Gasteiger partial charge in [0.2, 0.25) is 5.91 Å². The van der Waals surface area contributed by atoms with Crippen molar-refractivity contribution in [3.8, 4) is 11.5 Å². The minimum Gasteiger partial charge on any atom is -0.493 e. The van der Waals surface area contributed by atoms with E-state index < -0.39 is 0 Å². The number of methoxy groups -OCH3 is 2. The van der Waals surface area contributed by atoms with Gasteiger partial charge in [-0.25, -0.2) is 0 Å². The van der Waals surface area contributed by atoms with Gasteiger partial charge in [0, 0.05) is 11.4 Å². The average Bonchev–Trinajstić information content (AvgIpc) is 2.44. The van der Waals surface area contributed by atoms with Crippen LogP contribution in [-0.2, 0) is 11.2 Å². The maximum absolute atomic E-state index is 11.8. The molecule has 0 radical (unpaired) electrons. The Morgan fingerprint density at radius 2 is 2.00 bits per heavy atom. The van der Waals surface area contributed by atoms with Gasteiger partial charge >= 0.3 is 0 Å². The van der Waals surface area contributed by atoms with Crippen LogP contribution in [0.4, 0.5) is 0 Å². The second-order valence-electron chi connectivity index (χ2n) is 4.18. The first-order chi connectivity index (χ1) is 9.10. The lowest BCUT2D eigenvalue weighted by Gasteiger charge is -2.11. The Morgan fingerprint density at radius 3 is 2.58 bits per heavy atom. The largest absolute Gasteiger partial charge is 0.493 e. The third-order valence-corrected chi connectivity index (χ3v) is 3.75. The lowest BCUT2D eigenvalue weighted by molar-refractivity contribution is -0.120. The molecule has 0 fully saturated rings. The first-order valence-electron chi connectivity index (χ1n) is 6.22. The molecule has 1 unspecified atom stereocenters. The zero-order valence-electron chi connectivity index (χ0n) is 11.5. The van der Waals surface area contributed by atoms with E-state index in [4.69, 9.17) is 9.47 Å². The van der Waals surface area contributed by atoms with Gasteiger partial charge in [-0.3, -0.25) is 4.79 Å². The van der Waals surface area contributed by atoms with Crippen molar-refractivity contribution in [3.63, 3.8) is 0 Å². The van der Waals surface area contributed by atoms with Crippen LogP contribution in [0, 0.1) is 0 Å². The molecule has 0 bridgehead atoms. The Balaban J connectivity index is 2.59. The monoisotopic (exact) mass is 329 g/mol. The zero-order chi connectivity index (χ0) is 14.3. The highest BCUT2D eigenvalue weighted by molar-refractivity contribution is 9.09. The molecule has 1 rings (SSSR count). The summed E-state index contributed by atoms with van der Waals surface area (Å²) in [5, 5.41) is 2.89. The van der Waals surface area contributed by atoms with Crippen molar-refractivity contribution in [2.75, 3.05) is 20.8 Å². The molecule has 1 N–H and O–H groups in total. The highest BCUT2D eigenvalue weighted by atomic mass is 79.9. The number of nitrogens with one attached hydrogen (secondary N) is 1. The van der Waals surface area contributed by atoms with Crippen molar-refractivity contribution >= 4 is 21.8 Å². The summed E-state index contributed by atoms with van der Waals surface area (Å²) in [5.74, 6) is 1.31. The van der Waals surface area contributed by atoms with Gasteiger partial charge < -0.3 is 14.8 Å². The highest BCUT2D eigenvalue weighted by Gasteiger charge is 2.09. The molecule has 19 heavy (non-hydrogen) atoms. The Labute approximate surface area is 122 Å². The number of carbonyl (C=O) groups is 1. The molecule has 5 heteroatoms. The summed E-state index contributed by atoms with van der Waals surface area (Å²) in [5.41, 5.74) is 0.901. The minimum atomic E-state index is 0.00474. The highest BCUT2D eigenvalue weighted by Crippen LogP contribution is 2.27. The number of amides is 1. The third-order valence-electron chi connectivity index (χ3n) is 2.78. The summed E-state index contributed by atoms with van der Waals surface area (Å²) < 4.78 is 10.4. The standard InChI is InChI=1S/C14H20BrNO3/c1-4-11(15)9-16-14(17)8-10-5-6-12(18-2)13(7-10)19-3/h5-7,11H,4,8-9H2,1-3H3,(H,16,17). The normalized spacial score (nSPS) is 11.8. The van der Waals surface area contributed by atoms with Crippen LogP contribution in [0.1, 0.15) is 18.9 Å². The van der Waals surface area contributed by atoms with Crippen LogP contribution in [0.25, 0.3) is 0 Å². The topological polar surface area (TPSA) is 47.6 Å². The number of halogens is 1. The fourth-order valence-corrected chi connectivity index (χ4v) is 1.77. The average molecular weight is 330 g/mol. The maximum atomic E-state index is 11.8. The second kappa shape index (κ2) is 8.04. The van der Waals surface area contributed by atoms with Crippen molar-refractivity contribution in [1.82, 2.24) is 5.32 Å². The van der Waals surface area contributed by atoms with Crippen LogP contribution < -0.4 is 14.8 Å². The van der Waals surface area contributed by atoms with Gasteiger partial charge in [-0.1, -0.05) is 28.9 Å². The molecule has 0 aromatic heterocycles. The van der Waals surface area contributed by atoms with Crippen molar-refractivity contribution < 1.29 is 14.3 Å². The predicted octanol–water partition coefficient (Wildman–Crippen LogP) is 2.54. The van der Waals surface area contributed by atoms with Crippen LogP contribution in [0.15, 0.2) is 18.2 Å².